The van der Waals surface area contributed by atoms with Crippen LogP contribution >= 0.6 is 0 Å². The summed E-state index contributed by atoms with van der Waals surface area (Å²) in [5, 5.41) is 3.42. The lowest BCUT2D eigenvalue weighted by Crippen LogP contribution is -2.48. The van der Waals surface area contributed by atoms with Crippen LogP contribution in [0.2, 0.25) is 0 Å². The molecule has 0 spiro atoms. The monoisotopic (exact) mass is 262 g/mol. The van der Waals surface area contributed by atoms with Gasteiger partial charge in [-0.05, 0) is 76.6 Å². The van der Waals surface area contributed by atoms with Gasteiger partial charge in [0.2, 0.25) is 0 Å². The van der Waals surface area contributed by atoms with Crippen molar-refractivity contribution in [1.82, 2.24) is 10.2 Å². The van der Waals surface area contributed by atoms with Crippen molar-refractivity contribution >= 4 is 5.78 Å². The molecule has 0 aromatic carbocycles. The Morgan fingerprint density at radius 3 is 2.74 bits per heavy atom. The number of piperidine rings is 1. The van der Waals surface area contributed by atoms with Crippen molar-refractivity contribution in [1.29, 1.82) is 0 Å². The molecule has 2 heterocycles. The largest absolute Gasteiger partial charge is 0.317 e. The Balaban J connectivity index is 1.68. The normalized spacial score (nSPS) is 30.3. The van der Waals surface area contributed by atoms with Crippen LogP contribution in [0.25, 0.3) is 0 Å². The Kier molecular flexibility index (Phi) is 4.34. The molecule has 3 nitrogen and oxygen atoms in total. The summed E-state index contributed by atoms with van der Waals surface area (Å²) in [5.74, 6) is 0.454. The molecule has 106 valence electrons. The molecular formula is C16H26N2O. The van der Waals surface area contributed by atoms with E-state index in [4.69, 9.17) is 0 Å². The third-order valence-corrected chi connectivity index (χ3v) is 4.98. The van der Waals surface area contributed by atoms with Gasteiger partial charge in [0.25, 0.3) is 0 Å². The van der Waals surface area contributed by atoms with Gasteiger partial charge in [-0.1, -0.05) is 6.08 Å². The topological polar surface area (TPSA) is 32.3 Å². The van der Waals surface area contributed by atoms with Gasteiger partial charge in [-0.25, -0.2) is 0 Å². The summed E-state index contributed by atoms with van der Waals surface area (Å²) in [7, 11) is 0. The maximum Gasteiger partial charge on any atom is 0.175 e. The average molecular weight is 262 g/mol. The van der Waals surface area contributed by atoms with Crippen LogP contribution < -0.4 is 5.32 Å². The van der Waals surface area contributed by atoms with Crippen molar-refractivity contribution in [2.24, 2.45) is 0 Å². The lowest BCUT2D eigenvalue weighted by molar-refractivity contribution is -0.120. The molecular weight excluding hydrogens is 236 g/mol. The fourth-order valence-corrected chi connectivity index (χ4v) is 3.92. The Morgan fingerprint density at radius 1 is 1.16 bits per heavy atom. The molecule has 0 aromatic heterocycles. The van der Waals surface area contributed by atoms with E-state index in [1.54, 1.807) is 0 Å². The zero-order valence-corrected chi connectivity index (χ0v) is 11.9. The minimum atomic E-state index is 0.201. The molecule has 0 bridgehead atoms. The fraction of sp³-hybridized carbons (Fsp3) is 0.812. The van der Waals surface area contributed by atoms with E-state index >= 15 is 0 Å². The van der Waals surface area contributed by atoms with Crippen LogP contribution in [0.4, 0.5) is 0 Å². The van der Waals surface area contributed by atoms with Crippen molar-refractivity contribution in [3.63, 3.8) is 0 Å². The number of Topliss-reactive ketones (excluding diaryl/α,β-unsaturated/α-hetero) is 1. The summed E-state index contributed by atoms with van der Waals surface area (Å²) >= 11 is 0. The summed E-state index contributed by atoms with van der Waals surface area (Å²) in [6.07, 6.45) is 11.5. The van der Waals surface area contributed by atoms with Crippen LogP contribution in [-0.4, -0.2) is 42.4 Å². The van der Waals surface area contributed by atoms with Crippen molar-refractivity contribution < 1.29 is 4.79 Å². The third kappa shape index (κ3) is 2.92. The molecule has 0 saturated carbocycles. The van der Waals surface area contributed by atoms with Crippen LogP contribution in [0.15, 0.2) is 11.6 Å². The SMILES string of the molecule is O=C(C1=CCCCC1)C1CCCN1C1CCNCC1. The number of allylic oxidation sites excluding steroid dienone is 1. The molecule has 0 aromatic rings. The molecule has 1 aliphatic carbocycles. The van der Waals surface area contributed by atoms with E-state index in [2.05, 4.69) is 16.3 Å². The molecule has 0 radical (unpaired) electrons. The first kappa shape index (κ1) is 13.3. The molecule has 2 aliphatic heterocycles. The number of likely N-dealkylation sites (tertiary alicyclic amines) is 1. The van der Waals surface area contributed by atoms with Crippen LogP contribution in [0.1, 0.15) is 51.4 Å². The van der Waals surface area contributed by atoms with Gasteiger partial charge in [-0.15, -0.1) is 0 Å². The van der Waals surface area contributed by atoms with Gasteiger partial charge in [0.1, 0.15) is 0 Å². The lowest BCUT2D eigenvalue weighted by Gasteiger charge is -2.35. The minimum Gasteiger partial charge on any atom is -0.317 e. The van der Waals surface area contributed by atoms with Gasteiger partial charge >= 0.3 is 0 Å². The Labute approximate surface area is 116 Å². The van der Waals surface area contributed by atoms with Crippen LogP contribution in [0.3, 0.4) is 0 Å². The number of rotatable bonds is 3. The van der Waals surface area contributed by atoms with E-state index in [9.17, 15) is 4.79 Å². The number of hydrogen-bond donors (Lipinski definition) is 1. The Morgan fingerprint density at radius 2 is 2.00 bits per heavy atom. The number of carbonyl (C=O) groups excluding carboxylic acids is 1. The first-order valence-corrected chi connectivity index (χ1v) is 8.06. The molecule has 2 fully saturated rings. The first-order chi connectivity index (χ1) is 9.36. The zero-order valence-electron chi connectivity index (χ0n) is 11.9. The predicted molar refractivity (Wildman–Crippen MR) is 77.2 cm³/mol. The quantitative estimate of drug-likeness (QED) is 0.847. The van der Waals surface area contributed by atoms with Gasteiger partial charge in [0.05, 0.1) is 6.04 Å². The molecule has 3 heteroatoms. The smallest absolute Gasteiger partial charge is 0.175 e. The second-order valence-electron chi connectivity index (χ2n) is 6.22. The molecule has 2 saturated heterocycles. The zero-order chi connectivity index (χ0) is 13.1. The highest BCUT2D eigenvalue weighted by Gasteiger charge is 2.36. The van der Waals surface area contributed by atoms with Crippen molar-refractivity contribution in [3.05, 3.63) is 11.6 Å². The van der Waals surface area contributed by atoms with E-state index in [0.29, 0.717) is 11.8 Å². The van der Waals surface area contributed by atoms with E-state index in [0.717, 1.165) is 44.5 Å². The number of ketones is 1. The van der Waals surface area contributed by atoms with E-state index in [-0.39, 0.29) is 6.04 Å². The van der Waals surface area contributed by atoms with Gasteiger partial charge in [0, 0.05) is 6.04 Å². The summed E-state index contributed by atoms with van der Waals surface area (Å²) in [5.41, 5.74) is 1.14. The molecule has 3 aliphatic rings. The summed E-state index contributed by atoms with van der Waals surface area (Å²) in [6, 6.07) is 0.842. The van der Waals surface area contributed by atoms with Gasteiger partial charge in [-0.3, -0.25) is 9.69 Å². The van der Waals surface area contributed by atoms with Crippen LogP contribution in [0.5, 0.6) is 0 Å². The van der Waals surface area contributed by atoms with Crippen molar-refractivity contribution in [2.45, 2.75) is 63.5 Å². The average Bonchev–Trinajstić information content (AvgIpc) is 2.98. The van der Waals surface area contributed by atoms with Gasteiger partial charge < -0.3 is 5.32 Å². The number of nitrogens with one attached hydrogen (secondary N) is 1. The maximum absolute atomic E-state index is 12.7. The van der Waals surface area contributed by atoms with Crippen LogP contribution in [-0.2, 0) is 4.79 Å². The van der Waals surface area contributed by atoms with Crippen molar-refractivity contribution in [2.75, 3.05) is 19.6 Å². The van der Waals surface area contributed by atoms with Crippen LogP contribution in [0, 0.1) is 0 Å². The Bertz CT molecular complexity index is 358. The van der Waals surface area contributed by atoms with Gasteiger partial charge in [0.15, 0.2) is 5.78 Å². The summed E-state index contributed by atoms with van der Waals surface area (Å²) in [4.78, 5) is 15.3. The van der Waals surface area contributed by atoms with E-state index in [1.165, 1.54) is 32.1 Å². The van der Waals surface area contributed by atoms with E-state index in [1.807, 2.05) is 0 Å². The molecule has 19 heavy (non-hydrogen) atoms. The van der Waals surface area contributed by atoms with E-state index < -0.39 is 0 Å². The number of carbonyl (C=O) groups is 1. The third-order valence-electron chi connectivity index (χ3n) is 4.98. The van der Waals surface area contributed by atoms with Gasteiger partial charge in [-0.2, -0.15) is 0 Å². The van der Waals surface area contributed by atoms with Crippen molar-refractivity contribution in [3.8, 4) is 0 Å². The predicted octanol–water partition coefficient (Wildman–Crippen LogP) is 2.27. The molecule has 1 unspecified atom stereocenters. The fourth-order valence-electron chi connectivity index (χ4n) is 3.92. The number of nitrogens with zero attached hydrogens (tertiary/aromatic N) is 1. The standard InChI is InChI=1S/C16H26N2O/c19-16(13-5-2-1-3-6-13)15-7-4-12-18(15)14-8-10-17-11-9-14/h5,14-15,17H,1-4,6-12H2. The highest BCUT2D eigenvalue weighted by Crippen LogP contribution is 2.29. The highest BCUT2D eigenvalue weighted by molar-refractivity contribution is 5.99. The second kappa shape index (κ2) is 6.19. The molecule has 1 N–H and O–H groups in total. The lowest BCUT2D eigenvalue weighted by atomic mass is 9.91. The number of hydrogen-bond acceptors (Lipinski definition) is 3. The molecule has 3 rings (SSSR count). The second-order valence-corrected chi connectivity index (χ2v) is 6.22. The maximum atomic E-state index is 12.7. The summed E-state index contributed by atoms with van der Waals surface area (Å²) in [6.45, 7) is 3.36. The summed E-state index contributed by atoms with van der Waals surface area (Å²) < 4.78 is 0. The molecule has 0 amide bonds. The first-order valence-electron chi connectivity index (χ1n) is 8.06. The Hall–Kier alpha value is -0.670. The molecule has 1 atom stereocenters. The highest BCUT2D eigenvalue weighted by atomic mass is 16.1. The minimum absolute atomic E-state index is 0.201.